The lowest BCUT2D eigenvalue weighted by atomic mass is 9.66. The topological polar surface area (TPSA) is 83.6 Å². The molecule has 3 aromatic heterocycles. The van der Waals surface area contributed by atoms with Crippen LogP contribution in [0, 0.1) is 0 Å². The van der Waals surface area contributed by atoms with Crippen LogP contribution in [0.1, 0.15) is 46.7 Å². The van der Waals surface area contributed by atoms with Crippen molar-refractivity contribution in [1.82, 2.24) is 19.9 Å². The lowest BCUT2D eigenvalue weighted by Crippen LogP contribution is -2.37. The van der Waals surface area contributed by atoms with Crippen LogP contribution in [0.4, 0.5) is 18.9 Å². The first-order valence-corrected chi connectivity index (χ1v) is 11.0. The van der Waals surface area contributed by atoms with Gasteiger partial charge in [0.15, 0.2) is 5.65 Å². The van der Waals surface area contributed by atoms with E-state index >= 15 is 0 Å². The predicted molar refractivity (Wildman–Crippen MR) is 120 cm³/mol. The van der Waals surface area contributed by atoms with E-state index in [1.807, 2.05) is 12.1 Å². The van der Waals surface area contributed by atoms with Crippen molar-refractivity contribution >= 4 is 38.7 Å². The molecule has 0 aliphatic heterocycles. The molecule has 33 heavy (non-hydrogen) atoms. The minimum atomic E-state index is -4.47. The first-order valence-electron chi connectivity index (χ1n) is 10.2. The molecule has 0 radical (unpaired) electrons. The SMILES string of the molecule is O=C(Nc1ccc(C2(c3nc4ncc(C(F)(F)F)cc4[nH]3)CCC2)nc1)c1cccc(Br)c1. The molecule has 1 aliphatic rings. The summed E-state index contributed by atoms with van der Waals surface area (Å²) in [7, 11) is 0. The summed E-state index contributed by atoms with van der Waals surface area (Å²) in [5.41, 5.74) is 0.926. The monoisotopic (exact) mass is 515 g/mol. The van der Waals surface area contributed by atoms with E-state index in [1.165, 1.54) is 0 Å². The zero-order chi connectivity index (χ0) is 23.2. The summed E-state index contributed by atoms with van der Waals surface area (Å²) in [4.78, 5) is 28.4. The number of pyridine rings is 2. The number of hydrogen-bond donors (Lipinski definition) is 2. The van der Waals surface area contributed by atoms with Crippen LogP contribution < -0.4 is 5.32 Å². The molecule has 6 nitrogen and oxygen atoms in total. The molecule has 0 spiro atoms. The molecule has 1 saturated carbocycles. The number of nitrogens with zero attached hydrogens (tertiary/aromatic N) is 3. The van der Waals surface area contributed by atoms with Crippen molar-refractivity contribution in [2.75, 3.05) is 5.32 Å². The van der Waals surface area contributed by atoms with Gasteiger partial charge in [-0.25, -0.2) is 9.97 Å². The highest BCUT2D eigenvalue weighted by Gasteiger charge is 2.44. The van der Waals surface area contributed by atoms with Crippen LogP contribution in [0.15, 0.2) is 59.3 Å². The zero-order valence-corrected chi connectivity index (χ0v) is 18.7. The average molecular weight is 516 g/mol. The molecule has 1 fully saturated rings. The molecule has 0 bridgehead atoms. The van der Waals surface area contributed by atoms with Gasteiger partial charge in [-0.15, -0.1) is 0 Å². The van der Waals surface area contributed by atoms with Gasteiger partial charge in [0.1, 0.15) is 5.82 Å². The molecule has 0 saturated heterocycles. The molecule has 4 aromatic rings. The van der Waals surface area contributed by atoms with Crippen molar-refractivity contribution in [1.29, 1.82) is 0 Å². The molecular weight excluding hydrogens is 499 g/mol. The summed E-state index contributed by atoms with van der Waals surface area (Å²) in [5.74, 6) is 0.294. The highest BCUT2D eigenvalue weighted by Crippen LogP contribution is 2.47. The lowest BCUT2D eigenvalue weighted by molar-refractivity contribution is -0.137. The molecule has 0 atom stereocenters. The molecule has 1 amide bonds. The Bertz CT molecular complexity index is 1350. The number of carbonyl (C=O) groups is 1. The molecule has 3 heterocycles. The fourth-order valence-electron chi connectivity index (χ4n) is 4.01. The largest absolute Gasteiger partial charge is 0.417 e. The molecule has 5 rings (SSSR count). The summed E-state index contributed by atoms with van der Waals surface area (Å²) in [6.07, 6.45) is 0.361. The van der Waals surface area contributed by atoms with E-state index in [4.69, 9.17) is 0 Å². The van der Waals surface area contributed by atoms with Gasteiger partial charge in [-0.05, 0) is 49.2 Å². The zero-order valence-electron chi connectivity index (χ0n) is 17.1. The number of anilines is 1. The van der Waals surface area contributed by atoms with Gasteiger partial charge in [0.25, 0.3) is 5.91 Å². The maximum atomic E-state index is 13.0. The van der Waals surface area contributed by atoms with Crippen molar-refractivity contribution in [2.45, 2.75) is 30.9 Å². The van der Waals surface area contributed by atoms with Gasteiger partial charge >= 0.3 is 6.18 Å². The minimum Gasteiger partial charge on any atom is -0.340 e. The van der Waals surface area contributed by atoms with Gasteiger partial charge < -0.3 is 10.3 Å². The summed E-state index contributed by atoms with van der Waals surface area (Å²) in [6.45, 7) is 0. The van der Waals surface area contributed by atoms with E-state index in [9.17, 15) is 18.0 Å². The Morgan fingerprint density at radius 2 is 1.91 bits per heavy atom. The van der Waals surface area contributed by atoms with Gasteiger partial charge in [-0.3, -0.25) is 9.78 Å². The van der Waals surface area contributed by atoms with Crippen molar-refractivity contribution in [2.24, 2.45) is 0 Å². The van der Waals surface area contributed by atoms with Gasteiger partial charge in [0.05, 0.1) is 34.1 Å². The third-order valence-corrected chi connectivity index (χ3v) is 6.42. The number of alkyl halides is 3. The van der Waals surface area contributed by atoms with Crippen LogP contribution in [-0.4, -0.2) is 25.8 Å². The second-order valence-electron chi connectivity index (χ2n) is 8.01. The number of amides is 1. The normalized spacial score (nSPS) is 15.3. The molecule has 10 heteroatoms. The lowest BCUT2D eigenvalue weighted by Gasteiger charge is -2.39. The number of imidazole rings is 1. The van der Waals surface area contributed by atoms with Gasteiger partial charge in [0, 0.05) is 16.2 Å². The Morgan fingerprint density at radius 3 is 2.55 bits per heavy atom. The Balaban J connectivity index is 1.41. The van der Waals surface area contributed by atoms with E-state index in [1.54, 1.807) is 30.5 Å². The predicted octanol–water partition coefficient (Wildman–Crippen LogP) is 5.86. The smallest absolute Gasteiger partial charge is 0.340 e. The van der Waals surface area contributed by atoms with E-state index in [0.29, 0.717) is 17.1 Å². The van der Waals surface area contributed by atoms with Crippen molar-refractivity contribution < 1.29 is 18.0 Å². The Hall–Kier alpha value is -3.27. The van der Waals surface area contributed by atoms with Crippen LogP contribution >= 0.6 is 15.9 Å². The second-order valence-corrected chi connectivity index (χ2v) is 8.93. The van der Waals surface area contributed by atoms with Crippen molar-refractivity contribution in [3.63, 3.8) is 0 Å². The van der Waals surface area contributed by atoms with E-state index < -0.39 is 17.2 Å². The number of benzene rings is 1. The Labute approximate surface area is 194 Å². The number of carbonyl (C=O) groups excluding carboxylic acids is 1. The standard InChI is InChI=1S/C23H17BrF3N5O/c24-15-4-1-3-13(9-15)20(33)30-16-5-6-18(28-12-16)22(7-2-8-22)21-31-17-10-14(23(25,26)27)11-29-19(17)32-21/h1,3-6,9-12H,2,7-8H2,(H,30,33)(H,29,31,32). The van der Waals surface area contributed by atoms with E-state index in [0.717, 1.165) is 41.7 Å². The number of halogens is 4. The summed E-state index contributed by atoms with van der Waals surface area (Å²) >= 11 is 3.35. The molecular formula is C23H17BrF3N5O. The number of aromatic amines is 1. The number of rotatable bonds is 4. The van der Waals surface area contributed by atoms with Crippen molar-refractivity contribution in [3.05, 3.63) is 82.0 Å². The average Bonchev–Trinajstić information content (AvgIpc) is 3.17. The van der Waals surface area contributed by atoms with Crippen LogP contribution in [0.5, 0.6) is 0 Å². The van der Waals surface area contributed by atoms with Gasteiger partial charge in [-0.1, -0.05) is 28.4 Å². The molecule has 168 valence electrons. The first kappa shape index (κ1) is 21.6. The first-order chi connectivity index (χ1) is 15.7. The minimum absolute atomic E-state index is 0.238. The molecule has 0 unspecified atom stereocenters. The van der Waals surface area contributed by atoms with Crippen LogP contribution in [0.2, 0.25) is 0 Å². The van der Waals surface area contributed by atoms with Crippen molar-refractivity contribution in [3.8, 4) is 0 Å². The Morgan fingerprint density at radius 1 is 1.09 bits per heavy atom. The fourth-order valence-corrected chi connectivity index (χ4v) is 4.41. The third-order valence-electron chi connectivity index (χ3n) is 5.92. The van der Waals surface area contributed by atoms with Crippen LogP contribution in [0.25, 0.3) is 11.2 Å². The van der Waals surface area contributed by atoms with Crippen LogP contribution in [-0.2, 0) is 11.6 Å². The number of aromatic nitrogens is 4. The summed E-state index contributed by atoms with van der Waals surface area (Å²) in [6, 6.07) is 11.7. The molecule has 1 aromatic carbocycles. The van der Waals surface area contributed by atoms with Gasteiger partial charge in [-0.2, -0.15) is 13.2 Å². The fraction of sp³-hybridized carbons (Fsp3) is 0.217. The maximum absolute atomic E-state index is 13.0. The quantitative estimate of drug-likeness (QED) is 0.356. The highest BCUT2D eigenvalue weighted by molar-refractivity contribution is 9.10. The van der Waals surface area contributed by atoms with Crippen LogP contribution in [0.3, 0.4) is 0 Å². The Kier molecular flexibility index (Phi) is 5.19. The number of H-pyrrole nitrogens is 1. The third kappa shape index (κ3) is 3.99. The number of nitrogens with one attached hydrogen (secondary N) is 2. The molecule has 1 aliphatic carbocycles. The highest BCUT2D eigenvalue weighted by atomic mass is 79.9. The van der Waals surface area contributed by atoms with E-state index in [2.05, 4.69) is 41.2 Å². The summed E-state index contributed by atoms with van der Waals surface area (Å²) in [5, 5.41) is 2.82. The van der Waals surface area contributed by atoms with Gasteiger partial charge in [0.2, 0.25) is 0 Å². The maximum Gasteiger partial charge on any atom is 0.417 e. The second kappa shape index (κ2) is 7.95. The summed E-state index contributed by atoms with van der Waals surface area (Å²) < 4.78 is 39.9. The van der Waals surface area contributed by atoms with E-state index in [-0.39, 0.29) is 17.1 Å². The molecule has 2 N–H and O–H groups in total. The number of hydrogen-bond acceptors (Lipinski definition) is 4. The number of fused-ring (bicyclic) bond motifs is 1.